The van der Waals surface area contributed by atoms with E-state index in [1.165, 1.54) is 6.54 Å². The van der Waals surface area contributed by atoms with Crippen LogP contribution >= 0.6 is 0 Å². The summed E-state index contributed by atoms with van der Waals surface area (Å²) >= 11 is 0. The Morgan fingerprint density at radius 1 is 1.43 bits per heavy atom. The molecule has 1 nitrogen and oxygen atoms in total. The van der Waals surface area contributed by atoms with E-state index in [1.54, 1.807) is 0 Å². The molecule has 0 N–H and O–H groups in total. The zero-order chi connectivity index (χ0) is 5.28. The Bertz CT molecular complexity index is 78.2. The molecule has 0 radical (unpaired) electrons. The van der Waals surface area contributed by atoms with Crippen LogP contribution in [0, 0.1) is 5.92 Å². The van der Waals surface area contributed by atoms with Gasteiger partial charge in [-0.15, -0.1) is 0 Å². The quantitative estimate of drug-likeness (QED) is 0.503. The van der Waals surface area contributed by atoms with Crippen molar-refractivity contribution < 1.29 is 0 Å². The molecule has 0 saturated carbocycles. The van der Waals surface area contributed by atoms with Gasteiger partial charge in [-0.1, -0.05) is 13.8 Å². The fraction of sp³-hybridized carbons (Fsp3) is 0.667. The largest absolute Gasteiger partial charge is 0.351 e. The molecule has 1 heterocycles. The molecular weight excluding hydrogens is 86.1 g/mol. The molecule has 0 saturated heterocycles. The predicted molar refractivity (Wildman–Crippen MR) is 30.7 cm³/mol. The second kappa shape index (κ2) is 1.57. The van der Waals surface area contributed by atoms with Gasteiger partial charge in [0.1, 0.15) is 0 Å². The molecule has 0 aromatic heterocycles. The molecule has 7 heavy (non-hydrogen) atoms. The van der Waals surface area contributed by atoms with E-state index in [2.05, 4.69) is 31.1 Å². The van der Waals surface area contributed by atoms with Gasteiger partial charge < -0.3 is 4.90 Å². The highest BCUT2D eigenvalue weighted by Crippen LogP contribution is 2.08. The summed E-state index contributed by atoms with van der Waals surface area (Å²) in [4.78, 5) is 2.20. The molecule has 1 rings (SSSR count). The SMILES string of the molecule is CC(C)CN1C=C1. The second-order valence-electron chi connectivity index (χ2n) is 2.39. The second-order valence-corrected chi connectivity index (χ2v) is 2.39. The molecule has 0 aromatic carbocycles. The van der Waals surface area contributed by atoms with Gasteiger partial charge >= 0.3 is 0 Å². The molecule has 0 spiro atoms. The fourth-order valence-corrected chi connectivity index (χ4v) is 0.590. The molecule has 0 amide bonds. The van der Waals surface area contributed by atoms with Crippen molar-refractivity contribution >= 4 is 0 Å². The van der Waals surface area contributed by atoms with Crippen molar-refractivity contribution in [1.82, 2.24) is 4.90 Å². The van der Waals surface area contributed by atoms with E-state index in [1.807, 2.05) is 0 Å². The van der Waals surface area contributed by atoms with Gasteiger partial charge in [0.25, 0.3) is 0 Å². The molecular formula is C6H11N. The molecule has 1 heteroatoms. The Labute approximate surface area is 44.6 Å². The third-order valence-corrected chi connectivity index (χ3v) is 0.936. The summed E-state index contributed by atoms with van der Waals surface area (Å²) in [6.07, 6.45) is 4.19. The van der Waals surface area contributed by atoms with Crippen molar-refractivity contribution in [2.24, 2.45) is 5.92 Å². The lowest BCUT2D eigenvalue weighted by Crippen LogP contribution is -2.05. The fourth-order valence-electron chi connectivity index (χ4n) is 0.590. The Kier molecular flexibility index (Phi) is 1.05. The normalized spacial score (nSPS) is 16.1. The van der Waals surface area contributed by atoms with E-state index in [0.717, 1.165) is 5.92 Å². The predicted octanol–water partition coefficient (Wildman–Crippen LogP) is 1.43. The van der Waals surface area contributed by atoms with E-state index >= 15 is 0 Å². The maximum atomic E-state index is 2.22. The number of hydrogen-bond acceptors (Lipinski definition) is 1. The van der Waals surface area contributed by atoms with Crippen molar-refractivity contribution in [3.05, 3.63) is 12.4 Å². The van der Waals surface area contributed by atoms with Crippen molar-refractivity contribution in [3.63, 3.8) is 0 Å². The van der Waals surface area contributed by atoms with E-state index in [9.17, 15) is 0 Å². The van der Waals surface area contributed by atoms with Crippen LogP contribution in [0.25, 0.3) is 0 Å². The van der Waals surface area contributed by atoms with E-state index in [4.69, 9.17) is 0 Å². The van der Waals surface area contributed by atoms with Crippen LogP contribution in [0.15, 0.2) is 12.4 Å². The van der Waals surface area contributed by atoms with Crippen LogP contribution in [0.3, 0.4) is 0 Å². The number of hydrogen-bond donors (Lipinski definition) is 0. The van der Waals surface area contributed by atoms with Gasteiger partial charge in [-0.25, -0.2) is 0 Å². The van der Waals surface area contributed by atoms with Crippen LogP contribution in [-0.2, 0) is 0 Å². The van der Waals surface area contributed by atoms with Gasteiger partial charge in [0.15, 0.2) is 0 Å². The van der Waals surface area contributed by atoms with E-state index < -0.39 is 0 Å². The van der Waals surface area contributed by atoms with Gasteiger partial charge in [0.2, 0.25) is 0 Å². The molecule has 0 atom stereocenters. The maximum Gasteiger partial charge on any atom is 0.0243 e. The third-order valence-electron chi connectivity index (χ3n) is 0.936. The minimum Gasteiger partial charge on any atom is -0.351 e. The minimum atomic E-state index is 0.801. The molecule has 1 aliphatic heterocycles. The van der Waals surface area contributed by atoms with Crippen LogP contribution < -0.4 is 0 Å². The summed E-state index contributed by atoms with van der Waals surface area (Å²) in [6.45, 7) is 5.64. The van der Waals surface area contributed by atoms with Crippen molar-refractivity contribution in [2.45, 2.75) is 13.8 Å². The molecule has 0 aliphatic carbocycles. The highest BCUT2D eigenvalue weighted by atomic mass is 15.2. The highest BCUT2D eigenvalue weighted by Gasteiger charge is 2.05. The molecule has 40 valence electrons. The first kappa shape index (κ1) is 4.69. The zero-order valence-electron chi connectivity index (χ0n) is 4.89. The summed E-state index contributed by atoms with van der Waals surface area (Å²) < 4.78 is 0. The van der Waals surface area contributed by atoms with Crippen LogP contribution in [0.4, 0.5) is 0 Å². The zero-order valence-corrected chi connectivity index (χ0v) is 4.89. The topological polar surface area (TPSA) is 3.01 Å². The average Bonchev–Trinajstić information content (AvgIpc) is 2.17. The lowest BCUT2D eigenvalue weighted by atomic mass is 10.2. The Morgan fingerprint density at radius 2 is 2.00 bits per heavy atom. The van der Waals surface area contributed by atoms with E-state index in [0.29, 0.717) is 0 Å². The molecule has 1 aliphatic rings. The smallest absolute Gasteiger partial charge is 0.0243 e. The maximum absolute atomic E-state index is 2.22. The lowest BCUT2D eigenvalue weighted by molar-refractivity contribution is 0.486. The summed E-state index contributed by atoms with van der Waals surface area (Å²) in [5, 5.41) is 0. The average molecular weight is 97.2 g/mol. The van der Waals surface area contributed by atoms with Crippen LogP contribution in [0.2, 0.25) is 0 Å². The van der Waals surface area contributed by atoms with Gasteiger partial charge in [-0.3, -0.25) is 0 Å². The van der Waals surface area contributed by atoms with Gasteiger partial charge in [-0.2, -0.15) is 0 Å². The Hall–Kier alpha value is -0.460. The first-order valence-electron chi connectivity index (χ1n) is 2.73. The molecule has 0 unspecified atom stereocenters. The summed E-state index contributed by atoms with van der Waals surface area (Å²) in [7, 11) is 0. The van der Waals surface area contributed by atoms with Crippen molar-refractivity contribution in [1.29, 1.82) is 0 Å². The summed E-state index contributed by atoms with van der Waals surface area (Å²) in [5.74, 6) is 0.801. The molecule has 0 fully saturated rings. The first-order chi connectivity index (χ1) is 3.29. The Morgan fingerprint density at radius 3 is 2.14 bits per heavy atom. The van der Waals surface area contributed by atoms with Crippen molar-refractivity contribution in [2.75, 3.05) is 6.54 Å². The molecule has 0 bridgehead atoms. The summed E-state index contributed by atoms with van der Waals surface area (Å²) in [6, 6.07) is 0. The van der Waals surface area contributed by atoms with Crippen LogP contribution in [0.5, 0.6) is 0 Å². The number of rotatable bonds is 2. The Balaban J connectivity index is 1.99. The minimum absolute atomic E-state index is 0.801. The highest BCUT2D eigenvalue weighted by molar-refractivity contribution is 5.00. The van der Waals surface area contributed by atoms with E-state index in [-0.39, 0.29) is 0 Å². The third kappa shape index (κ3) is 1.62. The lowest BCUT2D eigenvalue weighted by Gasteiger charge is -2.03. The van der Waals surface area contributed by atoms with Crippen LogP contribution in [-0.4, -0.2) is 11.4 Å². The van der Waals surface area contributed by atoms with Crippen molar-refractivity contribution in [3.8, 4) is 0 Å². The first-order valence-corrected chi connectivity index (χ1v) is 2.73. The summed E-state index contributed by atoms with van der Waals surface area (Å²) in [5.41, 5.74) is 0. The molecule has 0 aromatic rings. The monoisotopic (exact) mass is 97.1 g/mol. The van der Waals surface area contributed by atoms with Gasteiger partial charge in [0.05, 0.1) is 0 Å². The van der Waals surface area contributed by atoms with Gasteiger partial charge in [0, 0.05) is 18.9 Å². The number of nitrogens with zero attached hydrogens (tertiary/aromatic N) is 1. The standard InChI is InChI=1S/C6H11N/c1-6(2)5-7-3-4-7/h3-4,6H,5H2,1-2H3. The van der Waals surface area contributed by atoms with Crippen LogP contribution in [0.1, 0.15) is 13.8 Å². The van der Waals surface area contributed by atoms with Gasteiger partial charge in [-0.05, 0) is 5.92 Å².